The summed E-state index contributed by atoms with van der Waals surface area (Å²) < 4.78 is 10.0. The van der Waals surface area contributed by atoms with Crippen LogP contribution in [0.4, 0.5) is 9.59 Å². The van der Waals surface area contributed by atoms with Gasteiger partial charge in [-0.05, 0) is 32.8 Å². The van der Waals surface area contributed by atoms with Crippen LogP contribution < -0.4 is 5.32 Å². The van der Waals surface area contributed by atoms with Crippen LogP contribution in [0, 0.1) is 0 Å². The molecule has 3 atom stereocenters. The summed E-state index contributed by atoms with van der Waals surface area (Å²) in [5.41, 5.74) is 1.18. The molecule has 0 aromatic heterocycles. The van der Waals surface area contributed by atoms with Gasteiger partial charge in [0.1, 0.15) is 0 Å². The molecule has 0 saturated carbocycles. The van der Waals surface area contributed by atoms with Crippen LogP contribution in [0.5, 0.6) is 0 Å². The van der Waals surface area contributed by atoms with E-state index < -0.39 is 24.3 Å². The van der Waals surface area contributed by atoms with Gasteiger partial charge in [0.2, 0.25) is 0 Å². The molecule has 1 aromatic rings. The zero-order valence-corrected chi connectivity index (χ0v) is 16.1. The molecule has 2 N–H and O–H groups in total. The minimum Gasteiger partial charge on any atom is -0.448 e. The molecular formula is C19H29N3O5. The molecule has 1 fully saturated rings. The van der Waals surface area contributed by atoms with Gasteiger partial charge in [0.25, 0.3) is 0 Å². The number of hydrogen-bond donors (Lipinski definition) is 2. The van der Waals surface area contributed by atoms with Crippen LogP contribution in [-0.2, 0) is 15.9 Å². The Balaban J connectivity index is 2.05. The molecule has 8 nitrogen and oxygen atoms in total. The first-order valence-corrected chi connectivity index (χ1v) is 9.32. The molecule has 27 heavy (non-hydrogen) atoms. The van der Waals surface area contributed by atoms with Gasteiger partial charge in [0.05, 0.1) is 38.4 Å². The van der Waals surface area contributed by atoms with Gasteiger partial charge in [0, 0.05) is 6.04 Å². The lowest BCUT2D eigenvalue weighted by Crippen LogP contribution is -2.66. The number of hydrogen-bond acceptors (Lipinski definition) is 6. The second-order valence-corrected chi connectivity index (χ2v) is 6.49. The van der Waals surface area contributed by atoms with Crippen LogP contribution in [0.2, 0.25) is 0 Å². The summed E-state index contributed by atoms with van der Waals surface area (Å²) in [6.07, 6.45) is -1.37. The zero-order valence-electron chi connectivity index (χ0n) is 16.1. The van der Waals surface area contributed by atoms with E-state index in [-0.39, 0.29) is 32.3 Å². The minimum absolute atomic E-state index is 0.0482. The number of hydrazine groups is 1. The third-order valence-corrected chi connectivity index (χ3v) is 4.33. The normalized spacial score (nSPS) is 20.9. The van der Waals surface area contributed by atoms with Crippen LogP contribution >= 0.6 is 0 Å². The molecule has 0 radical (unpaired) electrons. The van der Waals surface area contributed by atoms with Gasteiger partial charge >= 0.3 is 12.2 Å². The molecule has 0 spiro atoms. The van der Waals surface area contributed by atoms with Crippen LogP contribution in [0.1, 0.15) is 26.3 Å². The van der Waals surface area contributed by atoms with Crippen molar-refractivity contribution < 1.29 is 24.2 Å². The van der Waals surface area contributed by atoms with Crippen molar-refractivity contribution in [3.63, 3.8) is 0 Å². The van der Waals surface area contributed by atoms with Crippen molar-refractivity contribution in [2.24, 2.45) is 0 Å². The molecule has 1 heterocycles. The van der Waals surface area contributed by atoms with Gasteiger partial charge in [0.15, 0.2) is 0 Å². The number of aliphatic hydroxyl groups is 1. The Morgan fingerprint density at radius 1 is 1.11 bits per heavy atom. The maximum Gasteiger partial charge on any atom is 0.429 e. The van der Waals surface area contributed by atoms with E-state index in [1.807, 2.05) is 37.3 Å². The topological polar surface area (TPSA) is 91.3 Å². The Bertz CT molecular complexity index is 613. The predicted molar refractivity (Wildman–Crippen MR) is 100.0 cm³/mol. The van der Waals surface area contributed by atoms with E-state index in [4.69, 9.17) is 9.47 Å². The van der Waals surface area contributed by atoms with Crippen molar-refractivity contribution >= 4 is 12.2 Å². The highest BCUT2D eigenvalue weighted by atomic mass is 16.6. The summed E-state index contributed by atoms with van der Waals surface area (Å²) in [5.74, 6) is 0. The minimum atomic E-state index is -0.835. The average Bonchev–Trinajstić information content (AvgIpc) is 2.64. The van der Waals surface area contributed by atoms with Crippen molar-refractivity contribution in [1.82, 2.24) is 15.3 Å². The summed E-state index contributed by atoms with van der Waals surface area (Å²) in [4.78, 5) is 24.4. The fourth-order valence-corrected chi connectivity index (χ4v) is 3.11. The molecular weight excluding hydrogens is 350 g/mol. The molecule has 3 unspecified atom stereocenters. The van der Waals surface area contributed by atoms with E-state index in [2.05, 4.69) is 5.32 Å². The van der Waals surface area contributed by atoms with Crippen LogP contribution in [0.15, 0.2) is 30.3 Å². The lowest BCUT2D eigenvalue weighted by molar-refractivity contribution is -0.0846. The Hall–Kier alpha value is -2.32. The van der Waals surface area contributed by atoms with Gasteiger partial charge < -0.3 is 19.9 Å². The fourth-order valence-electron chi connectivity index (χ4n) is 3.11. The maximum atomic E-state index is 12.3. The Labute approximate surface area is 160 Å². The molecule has 0 bridgehead atoms. The Kier molecular flexibility index (Phi) is 7.87. The quantitative estimate of drug-likeness (QED) is 0.783. The monoisotopic (exact) mass is 379 g/mol. The molecule has 1 aromatic carbocycles. The van der Waals surface area contributed by atoms with Crippen molar-refractivity contribution in [2.75, 3.05) is 26.3 Å². The Morgan fingerprint density at radius 2 is 1.67 bits per heavy atom. The maximum absolute atomic E-state index is 12.3. The highest BCUT2D eigenvalue weighted by Crippen LogP contribution is 2.16. The zero-order chi connectivity index (χ0) is 19.8. The third-order valence-electron chi connectivity index (χ3n) is 4.33. The number of benzene rings is 1. The first-order valence-electron chi connectivity index (χ1n) is 9.32. The number of carbonyl (C=O) groups is 2. The Morgan fingerprint density at radius 3 is 2.22 bits per heavy atom. The van der Waals surface area contributed by atoms with Crippen molar-refractivity contribution in [3.8, 4) is 0 Å². The number of nitrogens with zero attached hydrogens (tertiary/aromatic N) is 2. The summed E-state index contributed by atoms with van der Waals surface area (Å²) in [6.45, 7) is 5.83. The van der Waals surface area contributed by atoms with E-state index in [1.165, 1.54) is 10.6 Å². The van der Waals surface area contributed by atoms with Crippen LogP contribution in [0.25, 0.3) is 0 Å². The lowest BCUT2D eigenvalue weighted by Gasteiger charge is -2.43. The molecule has 2 rings (SSSR count). The number of nitrogens with one attached hydrogen (secondary N) is 1. The summed E-state index contributed by atoms with van der Waals surface area (Å²) in [7, 11) is 0. The van der Waals surface area contributed by atoms with Gasteiger partial charge in [-0.1, -0.05) is 30.3 Å². The number of aliphatic hydroxyl groups excluding tert-OH is 1. The highest BCUT2D eigenvalue weighted by molar-refractivity contribution is 5.74. The van der Waals surface area contributed by atoms with Gasteiger partial charge in [-0.3, -0.25) is 0 Å². The molecule has 2 amide bonds. The number of amides is 2. The van der Waals surface area contributed by atoms with Gasteiger partial charge in [-0.15, -0.1) is 0 Å². The van der Waals surface area contributed by atoms with E-state index in [0.29, 0.717) is 0 Å². The molecule has 0 aliphatic carbocycles. The summed E-state index contributed by atoms with van der Waals surface area (Å²) in [6, 6.07) is 9.71. The van der Waals surface area contributed by atoms with E-state index in [0.717, 1.165) is 11.4 Å². The number of rotatable bonds is 6. The molecule has 150 valence electrons. The summed E-state index contributed by atoms with van der Waals surface area (Å²) in [5, 5.41) is 16.2. The lowest BCUT2D eigenvalue weighted by atomic mass is 10.0. The van der Waals surface area contributed by atoms with Gasteiger partial charge in [-0.2, -0.15) is 0 Å². The van der Waals surface area contributed by atoms with E-state index >= 15 is 0 Å². The van der Waals surface area contributed by atoms with Crippen LogP contribution in [0.3, 0.4) is 0 Å². The fraction of sp³-hybridized carbons (Fsp3) is 0.579. The molecule has 1 aliphatic heterocycles. The number of ether oxygens (including phenoxy) is 2. The smallest absolute Gasteiger partial charge is 0.429 e. The van der Waals surface area contributed by atoms with Crippen molar-refractivity contribution in [3.05, 3.63) is 35.9 Å². The molecule has 1 saturated heterocycles. The van der Waals surface area contributed by atoms with E-state index in [9.17, 15) is 14.7 Å². The molecule has 1 aliphatic rings. The second-order valence-electron chi connectivity index (χ2n) is 6.49. The van der Waals surface area contributed by atoms with Crippen molar-refractivity contribution in [1.29, 1.82) is 0 Å². The molecule has 8 heteroatoms. The standard InChI is InChI=1S/C19H29N3O5/c1-4-26-18(24)21-12-16(17(23)13-22(21)19(25)27-5-2)20-14(3)11-15-9-7-6-8-10-15/h6-10,14,16-17,20,23H,4-5,11-13H2,1-3H3. The SMILES string of the molecule is CCOC(=O)N1CC(O)C(NC(C)Cc2ccccc2)CN1C(=O)OCC. The average molecular weight is 379 g/mol. The second kappa shape index (κ2) is 10.1. The van der Waals surface area contributed by atoms with E-state index in [1.54, 1.807) is 13.8 Å². The first-order chi connectivity index (χ1) is 13.0. The largest absolute Gasteiger partial charge is 0.448 e. The number of carbonyl (C=O) groups excluding carboxylic acids is 2. The van der Waals surface area contributed by atoms with Crippen LogP contribution in [-0.4, -0.2) is 71.8 Å². The first kappa shape index (κ1) is 21.0. The third kappa shape index (κ3) is 5.83. The summed E-state index contributed by atoms with van der Waals surface area (Å²) >= 11 is 0. The number of β-amino-alcohol motifs (C(OH)–C–C–N with tert-alkyl or cyclic N) is 1. The highest BCUT2D eigenvalue weighted by Gasteiger charge is 2.40. The predicted octanol–water partition coefficient (Wildman–Crippen LogP) is 1.78. The van der Waals surface area contributed by atoms with Gasteiger partial charge in [-0.25, -0.2) is 19.6 Å². The van der Waals surface area contributed by atoms with Crippen molar-refractivity contribution in [2.45, 2.75) is 45.4 Å².